The van der Waals surface area contributed by atoms with Crippen LogP contribution in [-0.4, -0.2) is 51.8 Å². The van der Waals surface area contributed by atoms with Gasteiger partial charge in [-0.1, -0.05) is 0 Å². The molecule has 106 valence electrons. The summed E-state index contributed by atoms with van der Waals surface area (Å²) in [6.45, 7) is 6.51. The largest absolute Gasteiger partial charge is 0.343 e. The van der Waals surface area contributed by atoms with Gasteiger partial charge in [-0.3, -0.25) is 9.48 Å². The minimum Gasteiger partial charge on any atom is -0.343 e. The lowest BCUT2D eigenvalue weighted by molar-refractivity contribution is -0.132. The Kier molecular flexibility index (Phi) is 5.32. The van der Waals surface area contributed by atoms with Crippen LogP contribution in [0.5, 0.6) is 0 Å². The first-order chi connectivity index (χ1) is 9.29. The van der Waals surface area contributed by atoms with Crippen LogP contribution in [0, 0.1) is 5.92 Å². The van der Waals surface area contributed by atoms with E-state index in [4.69, 9.17) is 0 Å². The summed E-state index contributed by atoms with van der Waals surface area (Å²) in [5, 5.41) is 7.37. The SMILES string of the molecule is CCN(CC1CCNCC1)C(=O)CCn1cncn1. The number of piperidine rings is 1. The van der Waals surface area contributed by atoms with Crippen LogP contribution in [0.25, 0.3) is 0 Å². The van der Waals surface area contributed by atoms with E-state index in [1.54, 1.807) is 11.0 Å². The number of aryl methyl sites for hydroxylation is 1. The smallest absolute Gasteiger partial charge is 0.224 e. The molecule has 1 aromatic rings. The van der Waals surface area contributed by atoms with Gasteiger partial charge in [-0.15, -0.1) is 0 Å². The van der Waals surface area contributed by atoms with E-state index in [1.165, 1.54) is 19.2 Å². The van der Waals surface area contributed by atoms with Gasteiger partial charge in [-0.05, 0) is 38.8 Å². The molecule has 1 N–H and O–H groups in total. The van der Waals surface area contributed by atoms with Gasteiger partial charge in [0.25, 0.3) is 0 Å². The lowest BCUT2D eigenvalue weighted by atomic mass is 9.97. The fraction of sp³-hybridized carbons (Fsp3) is 0.769. The van der Waals surface area contributed by atoms with Gasteiger partial charge < -0.3 is 10.2 Å². The zero-order valence-electron chi connectivity index (χ0n) is 11.6. The van der Waals surface area contributed by atoms with Crippen LogP contribution in [0.15, 0.2) is 12.7 Å². The van der Waals surface area contributed by atoms with Crippen LogP contribution in [0.2, 0.25) is 0 Å². The number of amides is 1. The van der Waals surface area contributed by atoms with E-state index < -0.39 is 0 Å². The molecular formula is C13H23N5O. The van der Waals surface area contributed by atoms with Gasteiger partial charge in [0.2, 0.25) is 5.91 Å². The maximum atomic E-state index is 12.2. The van der Waals surface area contributed by atoms with E-state index in [9.17, 15) is 4.79 Å². The van der Waals surface area contributed by atoms with Crippen molar-refractivity contribution < 1.29 is 4.79 Å². The molecule has 0 aliphatic carbocycles. The van der Waals surface area contributed by atoms with Crippen LogP contribution in [0.1, 0.15) is 26.2 Å². The van der Waals surface area contributed by atoms with Gasteiger partial charge >= 0.3 is 0 Å². The van der Waals surface area contributed by atoms with Crippen molar-refractivity contribution in [3.8, 4) is 0 Å². The Hall–Kier alpha value is -1.43. The van der Waals surface area contributed by atoms with Crippen molar-refractivity contribution in [3.05, 3.63) is 12.7 Å². The first kappa shape index (κ1) is 14.0. The molecule has 0 bridgehead atoms. The van der Waals surface area contributed by atoms with E-state index >= 15 is 0 Å². The molecule has 1 aliphatic heterocycles. The first-order valence-corrected chi connectivity index (χ1v) is 7.10. The molecular weight excluding hydrogens is 242 g/mol. The van der Waals surface area contributed by atoms with Crippen molar-refractivity contribution in [3.63, 3.8) is 0 Å². The molecule has 1 aromatic heterocycles. The Morgan fingerprint density at radius 2 is 2.26 bits per heavy atom. The molecule has 1 amide bonds. The van der Waals surface area contributed by atoms with Gasteiger partial charge in [0.15, 0.2) is 0 Å². The number of nitrogens with one attached hydrogen (secondary N) is 1. The van der Waals surface area contributed by atoms with Crippen molar-refractivity contribution in [2.75, 3.05) is 26.2 Å². The van der Waals surface area contributed by atoms with Crippen LogP contribution in [0.3, 0.4) is 0 Å². The lowest BCUT2D eigenvalue weighted by Gasteiger charge is -2.29. The highest BCUT2D eigenvalue weighted by molar-refractivity contribution is 5.76. The van der Waals surface area contributed by atoms with Crippen molar-refractivity contribution in [1.29, 1.82) is 0 Å². The van der Waals surface area contributed by atoms with E-state index in [2.05, 4.69) is 22.3 Å². The van der Waals surface area contributed by atoms with Crippen molar-refractivity contribution in [2.24, 2.45) is 5.92 Å². The van der Waals surface area contributed by atoms with Crippen molar-refractivity contribution in [2.45, 2.75) is 32.7 Å². The Balaban J connectivity index is 1.77. The number of nitrogens with zero attached hydrogens (tertiary/aromatic N) is 4. The molecule has 0 unspecified atom stereocenters. The van der Waals surface area contributed by atoms with Gasteiger partial charge in [0.1, 0.15) is 12.7 Å². The molecule has 0 aromatic carbocycles. The molecule has 6 heteroatoms. The average molecular weight is 265 g/mol. The molecule has 0 saturated carbocycles. The van der Waals surface area contributed by atoms with E-state index in [0.29, 0.717) is 18.9 Å². The topological polar surface area (TPSA) is 63.1 Å². The average Bonchev–Trinajstić information content (AvgIpc) is 2.96. The first-order valence-electron chi connectivity index (χ1n) is 7.10. The number of aromatic nitrogens is 3. The fourth-order valence-corrected chi connectivity index (χ4v) is 2.50. The summed E-state index contributed by atoms with van der Waals surface area (Å²) in [7, 11) is 0. The summed E-state index contributed by atoms with van der Waals surface area (Å²) in [5.74, 6) is 0.869. The second kappa shape index (κ2) is 7.23. The maximum Gasteiger partial charge on any atom is 0.224 e. The Morgan fingerprint density at radius 3 is 2.89 bits per heavy atom. The molecule has 0 atom stereocenters. The highest BCUT2D eigenvalue weighted by Gasteiger charge is 2.19. The van der Waals surface area contributed by atoms with Crippen LogP contribution in [0.4, 0.5) is 0 Å². The Labute approximate surface area is 114 Å². The monoisotopic (exact) mass is 265 g/mol. The molecule has 1 fully saturated rings. The summed E-state index contributed by atoms with van der Waals surface area (Å²) < 4.78 is 1.70. The number of carbonyl (C=O) groups excluding carboxylic acids is 1. The fourth-order valence-electron chi connectivity index (χ4n) is 2.50. The summed E-state index contributed by atoms with van der Waals surface area (Å²) in [6.07, 6.45) is 6.00. The van der Waals surface area contributed by atoms with Gasteiger partial charge in [-0.25, -0.2) is 4.98 Å². The summed E-state index contributed by atoms with van der Waals surface area (Å²) in [4.78, 5) is 18.0. The molecule has 1 aliphatic rings. The summed E-state index contributed by atoms with van der Waals surface area (Å²) in [6, 6.07) is 0. The molecule has 6 nitrogen and oxygen atoms in total. The maximum absolute atomic E-state index is 12.2. The third-order valence-electron chi connectivity index (χ3n) is 3.69. The standard InChI is InChI=1S/C13H23N5O/c1-2-17(9-12-3-6-14-7-4-12)13(19)5-8-18-11-15-10-16-18/h10-12,14H,2-9H2,1H3. The third-order valence-corrected chi connectivity index (χ3v) is 3.69. The summed E-state index contributed by atoms with van der Waals surface area (Å²) in [5.41, 5.74) is 0. The van der Waals surface area contributed by atoms with E-state index in [0.717, 1.165) is 26.2 Å². The third kappa shape index (κ3) is 4.31. The second-order valence-corrected chi connectivity index (χ2v) is 5.03. The minimum absolute atomic E-state index is 0.219. The highest BCUT2D eigenvalue weighted by Crippen LogP contribution is 2.14. The van der Waals surface area contributed by atoms with Gasteiger partial charge in [0.05, 0.1) is 6.54 Å². The molecule has 2 rings (SSSR count). The lowest BCUT2D eigenvalue weighted by Crippen LogP contribution is -2.39. The predicted octanol–water partition coefficient (Wildman–Crippen LogP) is 0.516. The molecule has 1 saturated heterocycles. The Morgan fingerprint density at radius 1 is 1.47 bits per heavy atom. The molecule has 19 heavy (non-hydrogen) atoms. The Bertz CT molecular complexity index is 372. The van der Waals surface area contributed by atoms with Crippen molar-refractivity contribution in [1.82, 2.24) is 25.0 Å². The molecule has 0 spiro atoms. The highest BCUT2D eigenvalue weighted by atomic mass is 16.2. The quantitative estimate of drug-likeness (QED) is 0.814. The summed E-state index contributed by atoms with van der Waals surface area (Å²) >= 11 is 0. The van der Waals surface area contributed by atoms with Crippen molar-refractivity contribution >= 4 is 5.91 Å². The number of carbonyl (C=O) groups is 1. The van der Waals surface area contributed by atoms with Gasteiger partial charge in [0, 0.05) is 19.5 Å². The van der Waals surface area contributed by atoms with Crippen LogP contribution >= 0.6 is 0 Å². The molecule has 2 heterocycles. The number of hydrogen-bond donors (Lipinski definition) is 1. The second-order valence-electron chi connectivity index (χ2n) is 5.03. The zero-order valence-corrected chi connectivity index (χ0v) is 11.6. The number of rotatable bonds is 6. The zero-order chi connectivity index (χ0) is 13.5. The molecule has 0 radical (unpaired) electrons. The van der Waals surface area contributed by atoms with Crippen LogP contribution < -0.4 is 5.32 Å². The van der Waals surface area contributed by atoms with Gasteiger partial charge in [-0.2, -0.15) is 5.10 Å². The number of hydrogen-bond acceptors (Lipinski definition) is 4. The van der Waals surface area contributed by atoms with E-state index in [-0.39, 0.29) is 5.91 Å². The normalized spacial score (nSPS) is 16.5. The predicted molar refractivity (Wildman–Crippen MR) is 72.5 cm³/mol. The minimum atomic E-state index is 0.219. The van der Waals surface area contributed by atoms with Crippen LogP contribution in [-0.2, 0) is 11.3 Å². The van der Waals surface area contributed by atoms with E-state index in [1.807, 2.05) is 4.90 Å².